The maximum Gasteiger partial charge on any atom is 0.262 e. The summed E-state index contributed by atoms with van der Waals surface area (Å²) in [6.45, 7) is 3.63. The third-order valence-electron chi connectivity index (χ3n) is 4.30. The van der Waals surface area contributed by atoms with Gasteiger partial charge in [0.25, 0.3) is 11.8 Å². The number of carbonyl (C=O) groups excluding carboxylic acids is 2. The van der Waals surface area contributed by atoms with Crippen molar-refractivity contribution < 1.29 is 19.1 Å². The summed E-state index contributed by atoms with van der Waals surface area (Å²) in [5, 5.41) is 7.30. The molecule has 0 aliphatic carbocycles. The van der Waals surface area contributed by atoms with Crippen molar-refractivity contribution in [1.29, 1.82) is 0 Å². The molecule has 2 N–H and O–H groups in total. The summed E-state index contributed by atoms with van der Waals surface area (Å²) < 4.78 is 11.2. The van der Waals surface area contributed by atoms with Gasteiger partial charge >= 0.3 is 0 Å². The molecule has 166 valence electrons. The third kappa shape index (κ3) is 6.59. The average molecular weight is 531 g/mol. The molecule has 0 heterocycles. The molecule has 2 rings (SSSR count). The van der Waals surface area contributed by atoms with Gasteiger partial charge in [0.15, 0.2) is 11.5 Å². The first kappa shape index (κ1) is 25.0. The number of halogens is 3. The van der Waals surface area contributed by atoms with Crippen LogP contribution in [0.25, 0.3) is 0 Å². The Labute approximate surface area is 199 Å². The highest BCUT2D eigenvalue weighted by Crippen LogP contribution is 2.32. The lowest BCUT2D eigenvalue weighted by molar-refractivity contribution is -0.123. The minimum Gasteiger partial charge on any atom is -0.493 e. The van der Waals surface area contributed by atoms with E-state index < -0.39 is 17.9 Å². The number of amides is 2. The topological polar surface area (TPSA) is 89.0 Å². The second-order valence-electron chi connectivity index (χ2n) is 6.79. The molecule has 0 aliphatic rings. The second kappa shape index (κ2) is 11.4. The highest BCUT2D eigenvalue weighted by Gasteiger charge is 2.24. The third-order valence-corrected chi connectivity index (χ3v) is 5.72. The molecule has 10 heteroatoms. The highest BCUT2D eigenvalue weighted by molar-refractivity contribution is 9.10. The molecule has 0 aromatic heterocycles. The van der Waals surface area contributed by atoms with Crippen LogP contribution in [0.1, 0.15) is 29.8 Å². The Bertz CT molecular complexity index is 999. The predicted octanol–water partition coefficient (Wildman–Crippen LogP) is 4.68. The molecule has 0 aliphatic heterocycles. The molecule has 0 saturated heterocycles. The molecule has 0 spiro atoms. The lowest BCUT2D eigenvalue weighted by Crippen LogP contribution is -2.48. The summed E-state index contributed by atoms with van der Waals surface area (Å²) >= 11 is 15.3. The molecular formula is C21H22BrCl2N3O4. The summed E-state index contributed by atoms with van der Waals surface area (Å²) in [5.74, 6) is -0.0158. The van der Waals surface area contributed by atoms with Crippen LogP contribution >= 0.6 is 39.1 Å². The molecule has 0 saturated carbocycles. The Kier molecular flexibility index (Phi) is 9.15. The van der Waals surface area contributed by atoms with Gasteiger partial charge in [-0.25, -0.2) is 5.43 Å². The van der Waals surface area contributed by atoms with Crippen LogP contribution in [-0.4, -0.2) is 38.3 Å². The fourth-order valence-corrected chi connectivity index (χ4v) is 3.32. The summed E-state index contributed by atoms with van der Waals surface area (Å²) in [6, 6.07) is 7.13. The molecule has 1 atom stereocenters. The summed E-state index contributed by atoms with van der Waals surface area (Å²) in [4.78, 5) is 25.2. The van der Waals surface area contributed by atoms with Gasteiger partial charge < -0.3 is 14.8 Å². The van der Waals surface area contributed by atoms with Crippen LogP contribution in [0.2, 0.25) is 10.0 Å². The van der Waals surface area contributed by atoms with Crippen LogP contribution in [0.3, 0.4) is 0 Å². The van der Waals surface area contributed by atoms with E-state index in [0.29, 0.717) is 32.1 Å². The first-order valence-electron chi connectivity index (χ1n) is 9.18. The average Bonchev–Trinajstić information content (AvgIpc) is 2.74. The Hall–Kier alpha value is -2.29. The van der Waals surface area contributed by atoms with Crippen molar-refractivity contribution in [2.24, 2.45) is 11.0 Å². The van der Waals surface area contributed by atoms with Crippen molar-refractivity contribution in [3.63, 3.8) is 0 Å². The van der Waals surface area contributed by atoms with Gasteiger partial charge in [0.05, 0.1) is 30.5 Å². The van der Waals surface area contributed by atoms with Crippen molar-refractivity contribution in [3.05, 3.63) is 56.0 Å². The summed E-state index contributed by atoms with van der Waals surface area (Å²) in [7, 11) is 3.06. The molecule has 2 aromatic rings. The van der Waals surface area contributed by atoms with E-state index in [0.717, 1.165) is 0 Å². The molecule has 31 heavy (non-hydrogen) atoms. The standard InChI is InChI=1S/C21H22BrCl2N3O4/c1-11(2)19(26-20(28)12-5-6-15(23)16(24)7-12)21(29)27-25-10-13-8-17(30-3)18(31-4)9-14(13)22/h5-11,19H,1-4H3,(H,26,28)(H,27,29)/b25-10-. The fourth-order valence-electron chi connectivity index (χ4n) is 2.60. The monoisotopic (exact) mass is 529 g/mol. The first-order chi connectivity index (χ1) is 14.7. The normalized spacial score (nSPS) is 12.0. The van der Waals surface area contributed by atoms with E-state index in [9.17, 15) is 9.59 Å². The van der Waals surface area contributed by atoms with E-state index in [4.69, 9.17) is 32.7 Å². The number of rotatable bonds is 8. The van der Waals surface area contributed by atoms with Crippen molar-refractivity contribution >= 4 is 57.2 Å². The minimum atomic E-state index is -0.812. The van der Waals surface area contributed by atoms with Crippen molar-refractivity contribution in [3.8, 4) is 11.5 Å². The van der Waals surface area contributed by atoms with E-state index in [1.165, 1.54) is 38.6 Å². The second-order valence-corrected chi connectivity index (χ2v) is 8.46. The zero-order valence-corrected chi connectivity index (χ0v) is 20.4. The van der Waals surface area contributed by atoms with Gasteiger partial charge in [-0.3, -0.25) is 9.59 Å². The van der Waals surface area contributed by atoms with Gasteiger partial charge in [0.1, 0.15) is 6.04 Å². The van der Waals surface area contributed by atoms with Crippen LogP contribution in [-0.2, 0) is 4.79 Å². The molecule has 0 fully saturated rings. The molecule has 7 nitrogen and oxygen atoms in total. The maximum atomic E-state index is 12.6. The van der Waals surface area contributed by atoms with Crippen molar-refractivity contribution in [1.82, 2.24) is 10.7 Å². The van der Waals surface area contributed by atoms with Gasteiger partial charge in [-0.1, -0.05) is 37.0 Å². The van der Waals surface area contributed by atoms with Crippen LogP contribution in [0.5, 0.6) is 11.5 Å². The van der Waals surface area contributed by atoms with Gasteiger partial charge in [0, 0.05) is 15.6 Å². The zero-order valence-electron chi connectivity index (χ0n) is 17.3. The number of nitrogens with zero attached hydrogens (tertiary/aromatic N) is 1. The zero-order chi connectivity index (χ0) is 23.1. The Morgan fingerprint density at radius 3 is 2.29 bits per heavy atom. The van der Waals surface area contributed by atoms with Gasteiger partial charge in [-0.05, 0) is 52.2 Å². The van der Waals surface area contributed by atoms with Crippen LogP contribution in [0.15, 0.2) is 39.9 Å². The quantitative estimate of drug-likeness (QED) is 0.383. The number of benzene rings is 2. The van der Waals surface area contributed by atoms with Crippen molar-refractivity contribution in [2.45, 2.75) is 19.9 Å². The summed E-state index contributed by atoms with van der Waals surface area (Å²) in [6.07, 6.45) is 1.46. The van der Waals surface area contributed by atoms with Gasteiger partial charge in [-0.15, -0.1) is 0 Å². The molecular weight excluding hydrogens is 509 g/mol. The number of nitrogens with one attached hydrogen (secondary N) is 2. The number of methoxy groups -OCH3 is 2. The maximum absolute atomic E-state index is 12.6. The Morgan fingerprint density at radius 1 is 1.06 bits per heavy atom. The van der Waals surface area contributed by atoms with Crippen LogP contribution < -0.4 is 20.2 Å². The van der Waals surface area contributed by atoms with Gasteiger partial charge in [-0.2, -0.15) is 5.10 Å². The van der Waals surface area contributed by atoms with Gasteiger partial charge in [0.2, 0.25) is 0 Å². The number of carbonyl (C=O) groups is 2. The minimum absolute atomic E-state index is 0.185. The SMILES string of the molecule is COc1cc(Br)c(/C=N\NC(=O)C(NC(=O)c2ccc(Cl)c(Cl)c2)C(C)C)cc1OC. The lowest BCUT2D eigenvalue weighted by Gasteiger charge is -2.20. The number of ether oxygens (including phenoxy) is 2. The predicted molar refractivity (Wildman–Crippen MR) is 126 cm³/mol. The number of hydrazone groups is 1. The van der Waals surface area contributed by atoms with Crippen LogP contribution in [0.4, 0.5) is 0 Å². The Balaban J connectivity index is 2.10. The number of hydrogen-bond acceptors (Lipinski definition) is 5. The molecule has 2 amide bonds. The van der Waals surface area contributed by atoms with E-state index in [-0.39, 0.29) is 10.9 Å². The molecule has 1 unspecified atom stereocenters. The molecule has 0 bridgehead atoms. The van der Waals surface area contributed by atoms with E-state index in [2.05, 4.69) is 31.8 Å². The lowest BCUT2D eigenvalue weighted by atomic mass is 10.0. The summed E-state index contributed by atoms with van der Waals surface area (Å²) in [5.41, 5.74) is 3.42. The highest BCUT2D eigenvalue weighted by atomic mass is 79.9. The molecule has 2 aromatic carbocycles. The van der Waals surface area contributed by atoms with E-state index >= 15 is 0 Å². The smallest absolute Gasteiger partial charge is 0.262 e. The van der Waals surface area contributed by atoms with Crippen LogP contribution in [0, 0.1) is 5.92 Å². The Morgan fingerprint density at radius 2 is 1.71 bits per heavy atom. The largest absolute Gasteiger partial charge is 0.493 e. The first-order valence-corrected chi connectivity index (χ1v) is 10.7. The number of hydrogen-bond donors (Lipinski definition) is 2. The van der Waals surface area contributed by atoms with E-state index in [1.54, 1.807) is 12.1 Å². The molecule has 0 radical (unpaired) electrons. The van der Waals surface area contributed by atoms with Crippen molar-refractivity contribution in [2.75, 3.05) is 14.2 Å². The fraction of sp³-hybridized carbons (Fsp3) is 0.286. The van der Waals surface area contributed by atoms with E-state index in [1.807, 2.05) is 13.8 Å².